The Morgan fingerprint density at radius 1 is 0.733 bits per heavy atom. The van der Waals surface area contributed by atoms with E-state index in [1.54, 1.807) is 19.1 Å². The summed E-state index contributed by atoms with van der Waals surface area (Å²) in [4.78, 5) is 79.9. The van der Waals surface area contributed by atoms with Crippen molar-refractivity contribution in [3.8, 4) is 0 Å². The van der Waals surface area contributed by atoms with Crippen molar-refractivity contribution in [1.82, 2.24) is 0 Å². The van der Waals surface area contributed by atoms with Crippen LogP contribution in [0.2, 0.25) is 0 Å². The molecule has 6 saturated carbocycles. The predicted octanol–water partition coefficient (Wildman–Crippen LogP) is 2.56. The SMILES string of the molecule is C[C@]12C[C@H](O)[C@H]3[C@@H](CCC4=CC(=O)CC([C@]56[C@@H](O)C[C@@]7(C)[C@@H](CC[C@]7(O)C(=O)CO)[C@@H]5CCC5=CC(=O)CC(OC(=O)CCC(=O)O)[C@@]56C)[C@@]43C)[C@@H]1CC[C@]2(O)C(=O)CO. The predicted molar refractivity (Wildman–Crippen MR) is 210 cm³/mol. The Labute approximate surface area is 349 Å². The second kappa shape index (κ2) is 14.2. The number of hydrogen-bond donors (Lipinski definition) is 7. The molecule has 14 heteroatoms. The molecule has 8 aliphatic carbocycles. The summed E-state index contributed by atoms with van der Waals surface area (Å²) in [5.41, 5.74) is -8.42. The summed E-state index contributed by atoms with van der Waals surface area (Å²) in [6.45, 7) is 5.81. The highest BCUT2D eigenvalue weighted by molar-refractivity contribution is 5.94. The third-order valence-electron chi connectivity index (χ3n) is 19.3. The number of carbonyl (C=O) groups excluding carboxylic acids is 5. The fraction of sp³-hybridized carbons (Fsp3) is 0.783. The largest absolute Gasteiger partial charge is 0.481 e. The molecular formula is C46H62O14. The van der Waals surface area contributed by atoms with Crippen LogP contribution in [0.4, 0.5) is 0 Å². The van der Waals surface area contributed by atoms with Crippen LogP contribution >= 0.6 is 0 Å². The van der Waals surface area contributed by atoms with Gasteiger partial charge in [0, 0.05) is 34.5 Å². The van der Waals surface area contributed by atoms with Crippen LogP contribution in [0, 0.1) is 62.6 Å². The molecule has 2 unspecified atom stereocenters. The van der Waals surface area contributed by atoms with Crippen molar-refractivity contribution in [3.05, 3.63) is 23.3 Å². The molecule has 8 rings (SSSR count). The van der Waals surface area contributed by atoms with Crippen LogP contribution in [0.25, 0.3) is 0 Å². The Morgan fingerprint density at radius 3 is 1.92 bits per heavy atom. The summed E-state index contributed by atoms with van der Waals surface area (Å²) in [5, 5.41) is 79.9. The van der Waals surface area contributed by atoms with Crippen molar-refractivity contribution in [1.29, 1.82) is 0 Å². The lowest BCUT2D eigenvalue weighted by Gasteiger charge is -2.74. The van der Waals surface area contributed by atoms with E-state index in [-0.39, 0.29) is 61.9 Å². The summed E-state index contributed by atoms with van der Waals surface area (Å²) in [5.74, 6) is -6.71. The van der Waals surface area contributed by atoms with E-state index in [2.05, 4.69) is 6.92 Å². The molecule has 0 saturated heterocycles. The smallest absolute Gasteiger partial charge is 0.306 e. The summed E-state index contributed by atoms with van der Waals surface area (Å²) >= 11 is 0. The maximum Gasteiger partial charge on any atom is 0.306 e. The van der Waals surface area contributed by atoms with Crippen LogP contribution in [0.15, 0.2) is 23.3 Å². The van der Waals surface area contributed by atoms with E-state index in [1.165, 1.54) is 0 Å². The first-order valence-electron chi connectivity index (χ1n) is 22.0. The maximum absolute atomic E-state index is 14.4. The van der Waals surface area contributed by atoms with Crippen LogP contribution in [0.3, 0.4) is 0 Å². The van der Waals surface area contributed by atoms with Gasteiger partial charge in [-0.3, -0.25) is 28.8 Å². The fourth-order valence-electron chi connectivity index (χ4n) is 16.8. The van der Waals surface area contributed by atoms with Gasteiger partial charge in [-0.1, -0.05) is 38.8 Å². The van der Waals surface area contributed by atoms with Gasteiger partial charge in [0.1, 0.15) is 30.5 Å². The first kappa shape index (κ1) is 43.5. The highest BCUT2D eigenvalue weighted by Crippen LogP contribution is 2.80. The van der Waals surface area contributed by atoms with Gasteiger partial charge in [-0.05, 0) is 117 Å². The molecular weight excluding hydrogens is 776 g/mol. The number of aliphatic carboxylic acids is 1. The van der Waals surface area contributed by atoms with Gasteiger partial charge in [-0.15, -0.1) is 0 Å². The maximum atomic E-state index is 14.4. The van der Waals surface area contributed by atoms with Gasteiger partial charge in [0.15, 0.2) is 23.1 Å². The first-order chi connectivity index (χ1) is 28.1. The van der Waals surface area contributed by atoms with Gasteiger partial charge in [-0.25, -0.2) is 0 Å². The lowest BCUT2D eigenvalue weighted by Crippen LogP contribution is -2.75. The zero-order valence-electron chi connectivity index (χ0n) is 35.2. The Bertz CT molecular complexity index is 1970. The standard InChI is InChI=1S/C46H62O14/c1-40-19-31(51)39-27(28(40)11-13-44(40,58)34(53)21-47)7-5-23-15-25(49)17-32(42(23,39)3)46-30(29-12-14-45(59,35(54)22-48)41(29,2)20-33(46)52)8-6-24-16-26(50)18-36(43(24,46)4)60-38(57)10-9-37(55)56/h15-16,27-33,36,39,47-48,51-52,58-59H,5-14,17-22H2,1-4H3,(H,55,56)/t27-,28-,29-,30-,31-,32?,33-,36?,39+,40-,41-,42+,43+,44-,45-,46-/m0/s1. The summed E-state index contributed by atoms with van der Waals surface area (Å²) in [6.07, 6.45) is 0.912. The lowest BCUT2D eigenvalue weighted by atomic mass is 9.30. The highest BCUT2D eigenvalue weighted by atomic mass is 16.5. The van der Waals surface area contributed by atoms with Crippen LogP contribution in [0.1, 0.15) is 118 Å². The number of fused-ring (bicyclic) bond motifs is 10. The van der Waals surface area contributed by atoms with Gasteiger partial charge in [0.25, 0.3) is 0 Å². The van der Waals surface area contributed by atoms with E-state index >= 15 is 0 Å². The number of allylic oxidation sites excluding steroid dienone is 1. The van der Waals surface area contributed by atoms with Gasteiger partial charge in [0.2, 0.25) is 0 Å². The van der Waals surface area contributed by atoms with Crippen molar-refractivity contribution in [2.75, 3.05) is 13.2 Å². The molecule has 14 nitrogen and oxygen atoms in total. The second-order valence-corrected chi connectivity index (χ2v) is 20.9. The number of aliphatic hydroxyl groups is 6. The van der Waals surface area contributed by atoms with Crippen LogP contribution in [0.5, 0.6) is 0 Å². The van der Waals surface area contributed by atoms with Crippen LogP contribution < -0.4 is 0 Å². The molecule has 0 radical (unpaired) electrons. The molecule has 0 bridgehead atoms. The average Bonchev–Trinajstić information content (AvgIpc) is 3.61. The average molecular weight is 839 g/mol. The van der Waals surface area contributed by atoms with Gasteiger partial charge >= 0.3 is 11.9 Å². The van der Waals surface area contributed by atoms with E-state index in [9.17, 15) is 64.5 Å². The van der Waals surface area contributed by atoms with E-state index in [4.69, 9.17) is 4.74 Å². The Morgan fingerprint density at radius 2 is 1.30 bits per heavy atom. The number of aliphatic hydroxyl groups excluding tert-OH is 4. The molecule has 0 amide bonds. The zero-order valence-corrected chi connectivity index (χ0v) is 35.2. The second-order valence-electron chi connectivity index (χ2n) is 20.9. The third-order valence-corrected chi connectivity index (χ3v) is 19.3. The molecule has 7 N–H and O–H groups in total. The molecule has 0 aromatic carbocycles. The molecule has 60 heavy (non-hydrogen) atoms. The van der Waals surface area contributed by atoms with Crippen molar-refractivity contribution in [2.24, 2.45) is 62.6 Å². The normalized spacial score (nSPS) is 49.2. The fourth-order valence-corrected chi connectivity index (χ4v) is 16.8. The van der Waals surface area contributed by atoms with Crippen molar-refractivity contribution in [2.45, 2.75) is 147 Å². The number of ether oxygens (including phenoxy) is 1. The van der Waals surface area contributed by atoms with Crippen LogP contribution in [-0.4, -0.2) is 114 Å². The quantitative estimate of drug-likeness (QED) is 0.165. The number of ketones is 4. The number of carboxylic acid groups (broad SMARTS) is 1. The first-order valence-corrected chi connectivity index (χ1v) is 22.0. The molecule has 0 aromatic rings. The number of hydrogen-bond acceptors (Lipinski definition) is 13. The van der Waals surface area contributed by atoms with Gasteiger partial charge < -0.3 is 40.5 Å². The zero-order chi connectivity index (χ0) is 43.7. The molecule has 16 atom stereocenters. The van der Waals surface area contributed by atoms with Crippen molar-refractivity contribution in [3.63, 3.8) is 0 Å². The van der Waals surface area contributed by atoms with E-state index in [1.807, 2.05) is 13.8 Å². The summed E-state index contributed by atoms with van der Waals surface area (Å²) < 4.78 is 6.24. The number of rotatable bonds is 9. The Balaban J connectivity index is 1.35. The minimum absolute atomic E-state index is 0.0313. The molecule has 0 spiro atoms. The number of carboxylic acids is 1. The Hall–Kier alpha value is -3.14. The molecule has 6 fully saturated rings. The van der Waals surface area contributed by atoms with Crippen molar-refractivity contribution >= 4 is 35.1 Å². The monoisotopic (exact) mass is 838 g/mol. The van der Waals surface area contributed by atoms with E-state index in [0.717, 1.165) is 5.57 Å². The lowest BCUT2D eigenvalue weighted by molar-refractivity contribution is -0.284. The molecule has 330 valence electrons. The van der Waals surface area contributed by atoms with Crippen LogP contribution in [-0.2, 0) is 33.5 Å². The molecule has 0 heterocycles. The minimum atomic E-state index is -1.97. The Kier molecular flexibility index (Phi) is 10.3. The van der Waals surface area contributed by atoms with Crippen molar-refractivity contribution < 1.29 is 69.2 Å². The highest BCUT2D eigenvalue weighted by Gasteiger charge is 2.80. The molecule has 0 aliphatic heterocycles. The van der Waals surface area contributed by atoms with E-state index in [0.29, 0.717) is 44.1 Å². The molecule has 8 aliphatic rings. The number of esters is 1. The number of Topliss-reactive ketones (excluding diaryl/α,β-unsaturated/α-hetero) is 2. The van der Waals surface area contributed by atoms with Gasteiger partial charge in [-0.2, -0.15) is 0 Å². The summed E-state index contributed by atoms with van der Waals surface area (Å²) in [6, 6.07) is 0. The van der Waals surface area contributed by atoms with Gasteiger partial charge in [0.05, 0.1) is 25.0 Å². The third kappa shape index (κ3) is 5.33. The topological polar surface area (TPSA) is 253 Å². The van der Waals surface area contributed by atoms with E-state index < -0.39 is 130 Å². The summed E-state index contributed by atoms with van der Waals surface area (Å²) in [7, 11) is 0. The molecule has 0 aromatic heterocycles. The number of carbonyl (C=O) groups is 6. The minimum Gasteiger partial charge on any atom is -0.481 e.